The minimum absolute atomic E-state index is 0.365. The Labute approximate surface area is 55.8 Å². The molecule has 0 N–H and O–H groups in total. The largest absolute Gasteiger partial charge is 0.295 e. The monoisotopic (exact) mass is 124 g/mol. The van der Waals surface area contributed by atoms with E-state index in [-0.39, 0.29) is 0 Å². The highest BCUT2D eigenvalue weighted by Crippen LogP contribution is 2.18. The third kappa shape index (κ3) is 1.41. The van der Waals surface area contributed by atoms with Crippen LogP contribution in [0.2, 0.25) is 0 Å². The van der Waals surface area contributed by atoms with Crippen LogP contribution >= 0.6 is 0 Å². The molecular weight excluding hydrogens is 112 g/mol. The van der Waals surface area contributed by atoms with Crippen molar-refractivity contribution in [3.8, 4) is 0 Å². The zero-order chi connectivity index (χ0) is 6.69. The van der Waals surface area contributed by atoms with Gasteiger partial charge in [-0.2, -0.15) is 0 Å². The van der Waals surface area contributed by atoms with Gasteiger partial charge in [0.05, 0.1) is 0 Å². The molecule has 0 aliphatic heterocycles. The number of carbonyl (C=O) groups is 1. The second-order valence-electron chi connectivity index (χ2n) is 2.44. The van der Waals surface area contributed by atoms with Gasteiger partial charge in [-0.25, -0.2) is 0 Å². The van der Waals surface area contributed by atoms with Gasteiger partial charge in [-0.1, -0.05) is 6.08 Å². The average molecular weight is 124 g/mol. The topological polar surface area (TPSA) is 17.1 Å². The second kappa shape index (κ2) is 2.81. The summed E-state index contributed by atoms with van der Waals surface area (Å²) in [5.41, 5.74) is 1.04. The molecule has 0 bridgehead atoms. The number of rotatable bonds is 0. The van der Waals surface area contributed by atoms with Gasteiger partial charge in [0.1, 0.15) is 0 Å². The molecule has 9 heavy (non-hydrogen) atoms. The Bertz CT molecular complexity index is 145. The van der Waals surface area contributed by atoms with E-state index < -0.39 is 0 Å². The second-order valence-corrected chi connectivity index (χ2v) is 2.44. The van der Waals surface area contributed by atoms with Crippen molar-refractivity contribution in [3.05, 3.63) is 11.6 Å². The van der Waals surface area contributed by atoms with Crippen molar-refractivity contribution >= 4 is 5.78 Å². The summed E-state index contributed by atoms with van der Waals surface area (Å²) >= 11 is 0. The maximum absolute atomic E-state index is 11.0. The first-order valence-electron chi connectivity index (χ1n) is 3.53. The molecule has 0 amide bonds. The van der Waals surface area contributed by atoms with Crippen LogP contribution in [0, 0.1) is 0 Å². The standard InChI is InChI=1S/C8H12O/c1-2-7-5-3-4-6-8(7)9/h2H,3-6H2,1H3/b7-2+. The van der Waals surface area contributed by atoms with Crippen molar-refractivity contribution in [2.24, 2.45) is 0 Å². The predicted molar refractivity (Wildman–Crippen MR) is 37.2 cm³/mol. The molecule has 0 heterocycles. The molecular formula is C8H12O. The maximum atomic E-state index is 11.0. The van der Waals surface area contributed by atoms with E-state index in [1.54, 1.807) is 0 Å². The number of Topliss-reactive ketones (excluding diaryl/α,β-unsaturated/α-hetero) is 1. The Morgan fingerprint density at radius 1 is 1.33 bits per heavy atom. The third-order valence-corrected chi connectivity index (χ3v) is 1.81. The molecule has 0 unspecified atom stereocenters. The lowest BCUT2D eigenvalue weighted by Gasteiger charge is -2.10. The summed E-state index contributed by atoms with van der Waals surface area (Å²) in [6.07, 6.45) is 6.03. The normalized spacial score (nSPS) is 25.0. The molecule has 0 spiro atoms. The van der Waals surface area contributed by atoms with Crippen molar-refractivity contribution < 1.29 is 4.79 Å². The van der Waals surface area contributed by atoms with Crippen LogP contribution in [0.25, 0.3) is 0 Å². The van der Waals surface area contributed by atoms with Gasteiger partial charge in [0, 0.05) is 6.42 Å². The van der Waals surface area contributed by atoms with Crippen molar-refractivity contribution in [2.75, 3.05) is 0 Å². The van der Waals surface area contributed by atoms with Gasteiger partial charge >= 0.3 is 0 Å². The van der Waals surface area contributed by atoms with Crippen LogP contribution in [0.5, 0.6) is 0 Å². The molecule has 0 saturated heterocycles. The fourth-order valence-corrected chi connectivity index (χ4v) is 1.21. The van der Waals surface area contributed by atoms with Gasteiger partial charge in [-0.3, -0.25) is 4.79 Å². The van der Waals surface area contributed by atoms with Crippen LogP contribution in [0.3, 0.4) is 0 Å². The zero-order valence-electron chi connectivity index (χ0n) is 5.81. The first-order valence-corrected chi connectivity index (χ1v) is 3.53. The lowest BCUT2D eigenvalue weighted by molar-refractivity contribution is -0.116. The van der Waals surface area contributed by atoms with Crippen LogP contribution in [-0.2, 0) is 4.79 Å². The Morgan fingerprint density at radius 2 is 2.00 bits per heavy atom. The smallest absolute Gasteiger partial charge is 0.158 e. The molecule has 0 aromatic heterocycles. The number of allylic oxidation sites excluding steroid dienone is 2. The number of hydrogen-bond donors (Lipinski definition) is 0. The minimum atomic E-state index is 0.365. The molecule has 1 aliphatic rings. The molecule has 50 valence electrons. The Balaban J connectivity index is 2.60. The Morgan fingerprint density at radius 3 is 2.44 bits per heavy atom. The highest BCUT2D eigenvalue weighted by molar-refractivity contribution is 5.95. The average Bonchev–Trinajstić information content (AvgIpc) is 1.89. The summed E-state index contributed by atoms with van der Waals surface area (Å²) in [5.74, 6) is 0.365. The Hall–Kier alpha value is -0.590. The third-order valence-electron chi connectivity index (χ3n) is 1.81. The van der Waals surface area contributed by atoms with Crippen molar-refractivity contribution in [1.82, 2.24) is 0 Å². The van der Waals surface area contributed by atoms with Gasteiger partial charge in [0.25, 0.3) is 0 Å². The number of hydrogen-bond acceptors (Lipinski definition) is 1. The number of carbonyl (C=O) groups excluding carboxylic acids is 1. The first-order chi connectivity index (χ1) is 4.34. The molecule has 1 rings (SSSR count). The fraction of sp³-hybridized carbons (Fsp3) is 0.625. The summed E-state index contributed by atoms with van der Waals surface area (Å²) in [6.45, 7) is 1.94. The van der Waals surface area contributed by atoms with Crippen LogP contribution < -0.4 is 0 Å². The van der Waals surface area contributed by atoms with Crippen molar-refractivity contribution in [1.29, 1.82) is 0 Å². The predicted octanol–water partition coefficient (Wildman–Crippen LogP) is 2.08. The molecule has 0 atom stereocenters. The van der Waals surface area contributed by atoms with Crippen molar-refractivity contribution in [3.63, 3.8) is 0 Å². The quantitative estimate of drug-likeness (QED) is 0.452. The van der Waals surface area contributed by atoms with Crippen molar-refractivity contribution in [2.45, 2.75) is 32.6 Å². The van der Waals surface area contributed by atoms with Crippen LogP contribution in [0.15, 0.2) is 11.6 Å². The Kier molecular flexibility index (Phi) is 2.04. The summed E-state index contributed by atoms with van der Waals surface area (Å²) < 4.78 is 0. The lowest BCUT2D eigenvalue weighted by atomic mass is 9.94. The molecule has 1 heteroatoms. The number of ketones is 1. The molecule has 1 nitrogen and oxygen atoms in total. The first kappa shape index (κ1) is 6.53. The minimum Gasteiger partial charge on any atom is -0.295 e. The van der Waals surface area contributed by atoms with E-state index in [0.717, 1.165) is 24.8 Å². The molecule has 1 saturated carbocycles. The van der Waals surface area contributed by atoms with E-state index in [4.69, 9.17) is 0 Å². The molecule has 0 aromatic carbocycles. The molecule has 1 aliphatic carbocycles. The van der Waals surface area contributed by atoms with Crippen LogP contribution in [0.4, 0.5) is 0 Å². The summed E-state index contributed by atoms with van der Waals surface area (Å²) in [5, 5.41) is 0. The molecule has 0 radical (unpaired) electrons. The van der Waals surface area contributed by atoms with Gasteiger partial charge in [-0.05, 0) is 31.8 Å². The van der Waals surface area contributed by atoms with Gasteiger partial charge < -0.3 is 0 Å². The molecule has 0 aromatic rings. The zero-order valence-corrected chi connectivity index (χ0v) is 5.81. The van der Waals surface area contributed by atoms with E-state index >= 15 is 0 Å². The highest BCUT2D eigenvalue weighted by Gasteiger charge is 2.12. The van der Waals surface area contributed by atoms with Crippen LogP contribution in [0.1, 0.15) is 32.6 Å². The lowest BCUT2D eigenvalue weighted by Crippen LogP contribution is -2.07. The van der Waals surface area contributed by atoms with E-state index in [0.29, 0.717) is 5.78 Å². The van der Waals surface area contributed by atoms with Gasteiger partial charge in [0.2, 0.25) is 0 Å². The van der Waals surface area contributed by atoms with E-state index in [1.165, 1.54) is 6.42 Å². The summed E-state index contributed by atoms with van der Waals surface area (Å²) in [7, 11) is 0. The van der Waals surface area contributed by atoms with Gasteiger partial charge in [-0.15, -0.1) is 0 Å². The summed E-state index contributed by atoms with van der Waals surface area (Å²) in [6, 6.07) is 0. The van der Waals surface area contributed by atoms with E-state index in [1.807, 2.05) is 13.0 Å². The fourth-order valence-electron chi connectivity index (χ4n) is 1.21. The SMILES string of the molecule is C/C=C1\CCCCC1=O. The van der Waals surface area contributed by atoms with E-state index in [9.17, 15) is 4.79 Å². The van der Waals surface area contributed by atoms with E-state index in [2.05, 4.69) is 0 Å². The molecule has 1 fully saturated rings. The highest BCUT2D eigenvalue weighted by atomic mass is 16.1. The van der Waals surface area contributed by atoms with Gasteiger partial charge in [0.15, 0.2) is 5.78 Å². The van der Waals surface area contributed by atoms with Crippen LogP contribution in [-0.4, -0.2) is 5.78 Å². The summed E-state index contributed by atoms with van der Waals surface area (Å²) in [4.78, 5) is 11.0. The maximum Gasteiger partial charge on any atom is 0.158 e.